The minimum absolute atomic E-state index is 0.233. The Labute approximate surface area is 222 Å². The molecule has 0 radical (unpaired) electrons. The number of benzene rings is 1. The van der Waals surface area contributed by atoms with Crippen LogP contribution >= 0.6 is 0 Å². The van der Waals surface area contributed by atoms with Crippen molar-refractivity contribution in [2.75, 3.05) is 19.0 Å². The summed E-state index contributed by atoms with van der Waals surface area (Å²) >= 11 is 0. The molecule has 38 heavy (non-hydrogen) atoms. The van der Waals surface area contributed by atoms with Gasteiger partial charge in [-0.1, -0.05) is 31.6 Å². The number of amides is 2. The fourth-order valence-corrected chi connectivity index (χ4v) is 4.26. The number of carbonyl (C=O) groups excluding carboxylic acids is 2. The van der Waals surface area contributed by atoms with Crippen molar-refractivity contribution in [2.24, 2.45) is 0 Å². The first-order valence-corrected chi connectivity index (χ1v) is 12.6. The molecule has 1 atom stereocenters. The lowest BCUT2D eigenvalue weighted by Gasteiger charge is -2.11. The third-order valence-corrected chi connectivity index (χ3v) is 6.07. The molecule has 3 aromatic heterocycles. The number of hydrogen-bond acceptors (Lipinski definition) is 6. The van der Waals surface area contributed by atoms with E-state index in [1.807, 2.05) is 48.7 Å². The van der Waals surface area contributed by atoms with Crippen LogP contribution in [0.3, 0.4) is 0 Å². The molecule has 4 rings (SSSR count). The Morgan fingerprint density at radius 3 is 2.66 bits per heavy atom. The number of aryl methyl sites for hydroxylation is 2. The van der Waals surface area contributed by atoms with Crippen molar-refractivity contribution >= 4 is 23.1 Å². The second-order valence-corrected chi connectivity index (χ2v) is 8.97. The van der Waals surface area contributed by atoms with Gasteiger partial charge in [-0.3, -0.25) is 19.0 Å². The Bertz CT molecular complexity index is 1460. The minimum Gasteiger partial charge on any atom is -0.381 e. The molecule has 0 spiro atoms. The molecule has 0 aliphatic rings. The highest BCUT2D eigenvalue weighted by atomic mass is 16.5. The van der Waals surface area contributed by atoms with Gasteiger partial charge in [0.2, 0.25) is 5.91 Å². The molecule has 4 aromatic rings. The molecule has 0 bridgehead atoms. The molecule has 0 saturated carbocycles. The average molecular weight is 513 g/mol. The minimum atomic E-state index is -0.362. The summed E-state index contributed by atoms with van der Waals surface area (Å²) in [5.74, 6) is 0.742. The lowest BCUT2D eigenvalue weighted by molar-refractivity contribution is -0.117. The predicted molar refractivity (Wildman–Crippen MR) is 147 cm³/mol. The van der Waals surface area contributed by atoms with E-state index in [9.17, 15) is 9.59 Å². The molecule has 2 N–H and O–H groups in total. The maximum Gasteiger partial charge on any atom is 0.256 e. The summed E-state index contributed by atoms with van der Waals surface area (Å²) in [6.45, 7) is 6.28. The maximum atomic E-state index is 12.9. The van der Waals surface area contributed by atoms with E-state index in [2.05, 4.69) is 27.5 Å². The molecule has 2 amide bonds. The summed E-state index contributed by atoms with van der Waals surface area (Å²) in [7, 11) is 1.57. The van der Waals surface area contributed by atoms with Crippen LogP contribution in [-0.4, -0.2) is 44.9 Å². The van der Waals surface area contributed by atoms with Crippen LogP contribution in [0.4, 0.5) is 5.82 Å². The Balaban J connectivity index is 1.58. The Morgan fingerprint density at radius 1 is 1.13 bits per heavy atom. The summed E-state index contributed by atoms with van der Waals surface area (Å²) in [6, 6.07) is 10.8. The highest BCUT2D eigenvalue weighted by Gasteiger charge is 2.20. The van der Waals surface area contributed by atoms with E-state index in [0.717, 1.165) is 40.9 Å². The van der Waals surface area contributed by atoms with Crippen molar-refractivity contribution in [1.29, 1.82) is 0 Å². The molecule has 0 aliphatic carbocycles. The number of imidazole rings is 1. The largest absolute Gasteiger partial charge is 0.381 e. The van der Waals surface area contributed by atoms with Gasteiger partial charge < -0.3 is 15.4 Å². The number of hydrogen-bond donors (Lipinski definition) is 2. The van der Waals surface area contributed by atoms with Crippen molar-refractivity contribution < 1.29 is 14.3 Å². The van der Waals surface area contributed by atoms with Gasteiger partial charge >= 0.3 is 0 Å². The van der Waals surface area contributed by atoms with E-state index in [4.69, 9.17) is 9.72 Å². The summed E-state index contributed by atoms with van der Waals surface area (Å²) in [4.78, 5) is 38.8. The van der Waals surface area contributed by atoms with Gasteiger partial charge in [0, 0.05) is 42.9 Å². The zero-order valence-corrected chi connectivity index (χ0v) is 22.1. The van der Waals surface area contributed by atoms with Crippen molar-refractivity contribution in [3.8, 4) is 11.3 Å². The maximum absolute atomic E-state index is 12.9. The number of aromatic nitrogens is 4. The smallest absolute Gasteiger partial charge is 0.256 e. The molecule has 1 aromatic carbocycles. The van der Waals surface area contributed by atoms with Crippen LogP contribution in [0.25, 0.3) is 16.8 Å². The summed E-state index contributed by atoms with van der Waals surface area (Å²) < 4.78 is 6.89. The van der Waals surface area contributed by atoms with Crippen molar-refractivity contribution in [1.82, 2.24) is 24.7 Å². The first-order chi connectivity index (χ1) is 18.4. The Hall–Kier alpha value is -4.37. The van der Waals surface area contributed by atoms with E-state index in [-0.39, 0.29) is 17.9 Å². The van der Waals surface area contributed by atoms with Crippen LogP contribution in [0.15, 0.2) is 67.1 Å². The Kier molecular flexibility index (Phi) is 8.60. The quantitative estimate of drug-likeness (QED) is 0.299. The second kappa shape index (κ2) is 12.2. The second-order valence-electron chi connectivity index (χ2n) is 8.97. The number of nitrogens with one attached hydrogen (secondary N) is 2. The standard InChI is InChI=1S/C29H32N6O3/c1-5-7-21-13-14-31-24(18-21)33-29(37)23-11-9-22(10-12-23)26-27-19(2)30-15-16-35(27)28(34-26)20(3)32-25(36)8-6-17-38-4/h6,8-16,18,20H,5,7,17H2,1-4H3,(H,32,36)(H,31,33,37). The average Bonchev–Trinajstić information content (AvgIpc) is 3.30. The molecule has 3 heterocycles. The van der Waals surface area contributed by atoms with Gasteiger partial charge in [0.05, 0.1) is 29.6 Å². The van der Waals surface area contributed by atoms with E-state index < -0.39 is 0 Å². The zero-order chi connectivity index (χ0) is 27.1. The van der Waals surface area contributed by atoms with Gasteiger partial charge in [0.1, 0.15) is 11.6 Å². The SMILES string of the molecule is CCCc1ccnc(NC(=O)c2ccc(-c3nc(C(C)NC(=O)C=CCOC)n4ccnc(C)c34)cc2)c1. The predicted octanol–water partition coefficient (Wildman–Crippen LogP) is 4.68. The highest BCUT2D eigenvalue weighted by Crippen LogP contribution is 2.29. The number of ether oxygens (including phenoxy) is 1. The molecule has 9 nitrogen and oxygen atoms in total. The van der Waals surface area contributed by atoms with Gasteiger partial charge in [0.15, 0.2) is 0 Å². The van der Waals surface area contributed by atoms with Gasteiger partial charge in [0.25, 0.3) is 5.91 Å². The van der Waals surface area contributed by atoms with E-state index in [1.54, 1.807) is 37.7 Å². The van der Waals surface area contributed by atoms with E-state index in [0.29, 0.717) is 23.8 Å². The fraction of sp³-hybridized carbons (Fsp3) is 0.276. The van der Waals surface area contributed by atoms with Crippen molar-refractivity contribution in [3.05, 3.63) is 89.8 Å². The van der Waals surface area contributed by atoms with Crippen molar-refractivity contribution in [2.45, 2.75) is 39.7 Å². The van der Waals surface area contributed by atoms with Crippen LogP contribution in [0.1, 0.15) is 53.7 Å². The van der Waals surface area contributed by atoms with Gasteiger partial charge in [-0.2, -0.15) is 0 Å². The molecular weight excluding hydrogens is 480 g/mol. The monoisotopic (exact) mass is 512 g/mol. The number of anilines is 1. The number of pyridine rings is 1. The number of rotatable bonds is 10. The van der Waals surface area contributed by atoms with Crippen LogP contribution in [-0.2, 0) is 16.0 Å². The number of methoxy groups -OCH3 is 1. The summed E-state index contributed by atoms with van der Waals surface area (Å²) in [5.41, 5.74) is 4.85. The molecule has 0 fully saturated rings. The van der Waals surface area contributed by atoms with Crippen molar-refractivity contribution in [3.63, 3.8) is 0 Å². The third kappa shape index (κ3) is 6.12. The highest BCUT2D eigenvalue weighted by molar-refractivity contribution is 6.04. The van der Waals surface area contributed by atoms with Gasteiger partial charge in [-0.05, 0) is 50.1 Å². The molecule has 9 heteroatoms. The first kappa shape index (κ1) is 26.7. The Morgan fingerprint density at radius 2 is 1.92 bits per heavy atom. The van der Waals surface area contributed by atoms with Crippen LogP contribution in [0.2, 0.25) is 0 Å². The topological polar surface area (TPSA) is 111 Å². The lowest BCUT2D eigenvalue weighted by Crippen LogP contribution is -2.26. The van der Waals surface area contributed by atoms with Crippen LogP contribution in [0, 0.1) is 6.92 Å². The van der Waals surface area contributed by atoms with E-state index in [1.165, 1.54) is 6.08 Å². The molecule has 0 aliphatic heterocycles. The number of nitrogens with zero attached hydrogens (tertiary/aromatic N) is 4. The molecular formula is C29H32N6O3. The summed E-state index contributed by atoms with van der Waals surface area (Å²) in [6.07, 6.45) is 10.3. The fourth-order valence-electron chi connectivity index (χ4n) is 4.26. The van der Waals surface area contributed by atoms with Gasteiger partial charge in [-0.25, -0.2) is 9.97 Å². The lowest BCUT2D eigenvalue weighted by atomic mass is 10.1. The van der Waals surface area contributed by atoms with E-state index >= 15 is 0 Å². The third-order valence-electron chi connectivity index (χ3n) is 6.07. The normalized spacial score (nSPS) is 12.1. The molecule has 1 unspecified atom stereocenters. The number of carbonyl (C=O) groups is 2. The zero-order valence-electron chi connectivity index (χ0n) is 22.1. The van der Waals surface area contributed by atoms with Crippen LogP contribution < -0.4 is 10.6 Å². The number of fused-ring (bicyclic) bond motifs is 1. The van der Waals surface area contributed by atoms with Crippen LogP contribution in [0.5, 0.6) is 0 Å². The molecule has 196 valence electrons. The molecule has 0 saturated heterocycles. The summed E-state index contributed by atoms with van der Waals surface area (Å²) in [5, 5.41) is 5.82. The van der Waals surface area contributed by atoms with Gasteiger partial charge in [-0.15, -0.1) is 0 Å². The first-order valence-electron chi connectivity index (χ1n) is 12.6.